The van der Waals surface area contributed by atoms with Gasteiger partial charge in [-0.05, 0) is 48.9 Å². The first-order valence-corrected chi connectivity index (χ1v) is 6.38. The predicted molar refractivity (Wildman–Crippen MR) is 73.2 cm³/mol. The van der Waals surface area contributed by atoms with Crippen molar-refractivity contribution in [2.45, 2.75) is 13.3 Å². The monoisotopic (exact) mass is 260 g/mol. The number of halogens is 1. The van der Waals surface area contributed by atoms with E-state index in [1.54, 1.807) is 6.07 Å². The van der Waals surface area contributed by atoms with Gasteiger partial charge in [0.1, 0.15) is 17.3 Å². The lowest BCUT2D eigenvalue weighted by molar-refractivity contribution is 0.318. The fraction of sp³-hybridized carbons (Fsp3) is 0.250. The van der Waals surface area contributed by atoms with E-state index in [0.717, 1.165) is 17.1 Å². The molecule has 0 saturated heterocycles. The molecule has 0 aromatic heterocycles. The Labute approximate surface area is 112 Å². The Morgan fingerprint density at radius 3 is 2.26 bits per heavy atom. The fourth-order valence-electron chi connectivity index (χ4n) is 1.78. The van der Waals surface area contributed by atoms with Gasteiger partial charge >= 0.3 is 0 Å². The minimum Gasteiger partial charge on any atom is -0.494 e. The zero-order valence-electron chi connectivity index (χ0n) is 10.9. The van der Waals surface area contributed by atoms with Crippen LogP contribution < -0.4 is 9.47 Å². The topological polar surface area (TPSA) is 18.5 Å². The van der Waals surface area contributed by atoms with Crippen LogP contribution in [0.5, 0.6) is 11.5 Å². The van der Waals surface area contributed by atoms with Gasteiger partial charge in [-0.1, -0.05) is 12.1 Å². The van der Waals surface area contributed by atoms with Crippen LogP contribution in [0.3, 0.4) is 0 Å². The number of rotatable bonds is 6. The second-order valence-corrected chi connectivity index (χ2v) is 4.13. The highest BCUT2D eigenvalue weighted by molar-refractivity contribution is 5.31. The van der Waals surface area contributed by atoms with Crippen molar-refractivity contribution in [2.75, 3.05) is 13.2 Å². The first kappa shape index (κ1) is 13.4. The molecule has 0 heterocycles. The standard InChI is InChI=1S/C16H17FO2/c1-2-18-15-6-8-16(9-7-15)19-11-10-13-4-3-5-14(17)12-13/h3-9,12H,2,10-11H2,1H3. The molecule has 0 bridgehead atoms. The van der Waals surface area contributed by atoms with Crippen LogP contribution in [-0.4, -0.2) is 13.2 Å². The molecule has 2 aromatic rings. The quantitative estimate of drug-likeness (QED) is 0.785. The van der Waals surface area contributed by atoms with Crippen molar-refractivity contribution >= 4 is 0 Å². The lowest BCUT2D eigenvalue weighted by atomic mass is 10.1. The normalized spacial score (nSPS) is 10.2. The van der Waals surface area contributed by atoms with Crippen LogP contribution in [0.15, 0.2) is 48.5 Å². The van der Waals surface area contributed by atoms with Crippen LogP contribution in [-0.2, 0) is 6.42 Å². The Morgan fingerprint density at radius 2 is 1.63 bits per heavy atom. The molecule has 0 saturated carbocycles. The van der Waals surface area contributed by atoms with Gasteiger partial charge in [0.05, 0.1) is 13.2 Å². The van der Waals surface area contributed by atoms with Gasteiger partial charge < -0.3 is 9.47 Å². The Hall–Kier alpha value is -2.03. The molecular weight excluding hydrogens is 243 g/mol. The van der Waals surface area contributed by atoms with E-state index >= 15 is 0 Å². The van der Waals surface area contributed by atoms with Crippen molar-refractivity contribution in [1.29, 1.82) is 0 Å². The Balaban J connectivity index is 1.82. The summed E-state index contributed by atoms with van der Waals surface area (Å²) in [4.78, 5) is 0. The molecule has 0 atom stereocenters. The summed E-state index contributed by atoms with van der Waals surface area (Å²) in [6.07, 6.45) is 0.685. The molecule has 0 spiro atoms. The summed E-state index contributed by atoms with van der Waals surface area (Å²) in [7, 11) is 0. The number of hydrogen-bond acceptors (Lipinski definition) is 2. The molecule has 0 amide bonds. The Bertz CT molecular complexity index is 508. The summed E-state index contributed by atoms with van der Waals surface area (Å²) in [5.74, 6) is 1.42. The van der Waals surface area contributed by atoms with E-state index in [2.05, 4.69) is 0 Å². The largest absolute Gasteiger partial charge is 0.494 e. The molecule has 19 heavy (non-hydrogen) atoms. The molecule has 0 unspecified atom stereocenters. The van der Waals surface area contributed by atoms with Crippen molar-refractivity contribution in [3.05, 3.63) is 59.9 Å². The van der Waals surface area contributed by atoms with Crippen LogP contribution in [0.1, 0.15) is 12.5 Å². The molecule has 2 aromatic carbocycles. The van der Waals surface area contributed by atoms with Crippen molar-refractivity contribution in [3.63, 3.8) is 0 Å². The van der Waals surface area contributed by atoms with E-state index in [0.29, 0.717) is 19.6 Å². The molecule has 0 aliphatic rings. The molecule has 0 N–H and O–H groups in total. The van der Waals surface area contributed by atoms with E-state index in [-0.39, 0.29) is 5.82 Å². The van der Waals surface area contributed by atoms with E-state index in [1.807, 2.05) is 37.3 Å². The lowest BCUT2D eigenvalue weighted by Crippen LogP contribution is -2.01. The van der Waals surface area contributed by atoms with E-state index in [9.17, 15) is 4.39 Å². The second kappa shape index (κ2) is 6.78. The Kier molecular flexibility index (Phi) is 4.78. The summed E-state index contributed by atoms with van der Waals surface area (Å²) in [6.45, 7) is 3.13. The van der Waals surface area contributed by atoms with Crippen molar-refractivity contribution in [3.8, 4) is 11.5 Å². The van der Waals surface area contributed by atoms with Crippen molar-refractivity contribution < 1.29 is 13.9 Å². The maximum Gasteiger partial charge on any atom is 0.123 e. The maximum absolute atomic E-state index is 13.0. The third-order valence-electron chi connectivity index (χ3n) is 2.68. The van der Waals surface area contributed by atoms with Gasteiger partial charge in [0, 0.05) is 6.42 Å². The zero-order valence-corrected chi connectivity index (χ0v) is 10.9. The molecule has 0 aliphatic heterocycles. The smallest absolute Gasteiger partial charge is 0.123 e. The van der Waals surface area contributed by atoms with Crippen LogP contribution in [0.25, 0.3) is 0 Å². The number of benzene rings is 2. The highest BCUT2D eigenvalue weighted by atomic mass is 19.1. The molecule has 3 heteroatoms. The van der Waals surface area contributed by atoms with Gasteiger partial charge in [-0.3, -0.25) is 0 Å². The van der Waals surface area contributed by atoms with Crippen molar-refractivity contribution in [2.24, 2.45) is 0 Å². The van der Waals surface area contributed by atoms with Crippen LogP contribution in [0, 0.1) is 5.82 Å². The van der Waals surface area contributed by atoms with E-state index in [1.165, 1.54) is 12.1 Å². The van der Waals surface area contributed by atoms with Gasteiger partial charge in [-0.2, -0.15) is 0 Å². The summed E-state index contributed by atoms with van der Waals surface area (Å²) in [5.41, 5.74) is 0.936. The first-order chi connectivity index (χ1) is 9.28. The molecule has 0 aliphatic carbocycles. The van der Waals surface area contributed by atoms with Crippen LogP contribution in [0.4, 0.5) is 4.39 Å². The van der Waals surface area contributed by atoms with E-state index < -0.39 is 0 Å². The minimum absolute atomic E-state index is 0.210. The second-order valence-electron chi connectivity index (χ2n) is 4.13. The summed E-state index contributed by atoms with van der Waals surface area (Å²) in [5, 5.41) is 0. The summed E-state index contributed by atoms with van der Waals surface area (Å²) < 4.78 is 23.9. The first-order valence-electron chi connectivity index (χ1n) is 6.38. The van der Waals surface area contributed by atoms with Gasteiger partial charge in [-0.25, -0.2) is 4.39 Å². The van der Waals surface area contributed by atoms with Gasteiger partial charge in [0.2, 0.25) is 0 Å². The third kappa shape index (κ3) is 4.28. The summed E-state index contributed by atoms with van der Waals surface area (Å²) in [6, 6.07) is 14.1. The van der Waals surface area contributed by atoms with Gasteiger partial charge in [0.25, 0.3) is 0 Å². The molecule has 0 radical (unpaired) electrons. The van der Waals surface area contributed by atoms with Gasteiger partial charge in [-0.15, -0.1) is 0 Å². The Morgan fingerprint density at radius 1 is 0.947 bits per heavy atom. The van der Waals surface area contributed by atoms with Crippen LogP contribution >= 0.6 is 0 Å². The molecule has 100 valence electrons. The molecule has 0 fully saturated rings. The highest BCUT2D eigenvalue weighted by Gasteiger charge is 1.98. The molecule has 2 nitrogen and oxygen atoms in total. The number of hydrogen-bond donors (Lipinski definition) is 0. The van der Waals surface area contributed by atoms with E-state index in [4.69, 9.17) is 9.47 Å². The predicted octanol–water partition coefficient (Wildman–Crippen LogP) is 3.85. The highest BCUT2D eigenvalue weighted by Crippen LogP contribution is 2.17. The maximum atomic E-state index is 13.0. The van der Waals surface area contributed by atoms with Crippen LogP contribution in [0.2, 0.25) is 0 Å². The SMILES string of the molecule is CCOc1ccc(OCCc2cccc(F)c2)cc1. The average molecular weight is 260 g/mol. The van der Waals surface area contributed by atoms with Gasteiger partial charge in [0.15, 0.2) is 0 Å². The lowest BCUT2D eigenvalue weighted by Gasteiger charge is -2.08. The average Bonchev–Trinajstić information content (AvgIpc) is 2.41. The third-order valence-corrected chi connectivity index (χ3v) is 2.68. The fourth-order valence-corrected chi connectivity index (χ4v) is 1.78. The van der Waals surface area contributed by atoms with Crippen molar-refractivity contribution in [1.82, 2.24) is 0 Å². The minimum atomic E-state index is -0.210. The molecule has 2 rings (SSSR count). The zero-order chi connectivity index (χ0) is 13.5. The molecular formula is C16H17FO2. The number of ether oxygens (including phenoxy) is 2. The summed E-state index contributed by atoms with van der Waals surface area (Å²) >= 11 is 0.